The molecule has 15 heavy (non-hydrogen) atoms. The number of nitrogens with one attached hydrogen (secondary N) is 1. The summed E-state index contributed by atoms with van der Waals surface area (Å²) in [5.41, 5.74) is -0.316. The van der Waals surface area contributed by atoms with Gasteiger partial charge in [0.05, 0.1) is 5.88 Å². The summed E-state index contributed by atoms with van der Waals surface area (Å²) in [6, 6.07) is 0. The fourth-order valence-electron chi connectivity index (χ4n) is 0.810. The summed E-state index contributed by atoms with van der Waals surface area (Å²) in [5.74, 6) is 0.377. The van der Waals surface area contributed by atoms with Gasteiger partial charge in [-0.15, -0.1) is 11.6 Å². The zero-order chi connectivity index (χ0) is 11.5. The number of ether oxygens (including phenoxy) is 1. The van der Waals surface area contributed by atoms with Gasteiger partial charge in [-0.25, -0.2) is 9.78 Å². The third-order valence-corrected chi connectivity index (χ3v) is 2.64. The number of hydrogen-bond donors (Lipinski definition) is 1. The molecule has 0 radical (unpaired) electrons. The van der Waals surface area contributed by atoms with E-state index in [1.165, 1.54) is 11.3 Å². The molecule has 4 nitrogen and oxygen atoms in total. The van der Waals surface area contributed by atoms with E-state index in [0.717, 1.165) is 4.88 Å². The molecule has 0 aliphatic rings. The first-order chi connectivity index (χ1) is 6.90. The van der Waals surface area contributed by atoms with Crippen molar-refractivity contribution in [3.8, 4) is 5.19 Å². The van der Waals surface area contributed by atoms with Crippen molar-refractivity contribution in [3.05, 3.63) is 11.1 Å². The normalized spacial score (nSPS) is 11.2. The number of halogens is 1. The first kappa shape index (κ1) is 12.3. The van der Waals surface area contributed by atoms with Crippen LogP contribution in [-0.4, -0.2) is 16.6 Å². The third kappa shape index (κ3) is 4.48. The largest absolute Gasteiger partial charge is 0.414 e. The molecule has 1 aromatic rings. The van der Waals surface area contributed by atoms with Crippen LogP contribution < -0.4 is 10.1 Å². The van der Waals surface area contributed by atoms with Crippen LogP contribution in [0.5, 0.6) is 5.19 Å². The molecule has 1 aromatic heterocycles. The van der Waals surface area contributed by atoms with Crippen LogP contribution in [0.3, 0.4) is 0 Å². The topological polar surface area (TPSA) is 51.2 Å². The molecule has 0 aromatic carbocycles. The number of aromatic nitrogens is 1. The molecule has 1 amide bonds. The molecule has 6 heteroatoms. The first-order valence-corrected chi connectivity index (χ1v) is 5.76. The van der Waals surface area contributed by atoms with Crippen LogP contribution in [0.25, 0.3) is 0 Å². The van der Waals surface area contributed by atoms with E-state index in [1.807, 2.05) is 20.8 Å². The fourth-order valence-corrected chi connectivity index (χ4v) is 1.65. The van der Waals surface area contributed by atoms with E-state index in [0.29, 0.717) is 11.1 Å². The number of carbonyl (C=O) groups is 1. The number of rotatable bonds is 2. The van der Waals surface area contributed by atoms with E-state index in [4.69, 9.17) is 16.3 Å². The Morgan fingerprint density at radius 2 is 2.33 bits per heavy atom. The summed E-state index contributed by atoms with van der Waals surface area (Å²) in [4.78, 5) is 16.1. The van der Waals surface area contributed by atoms with Crippen LogP contribution in [0.1, 0.15) is 25.6 Å². The lowest BCUT2D eigenvalue weighted by Gasteiger charge is -2.18. The van der Waals surface area contributed by atoms with E-state index in [2.05, 4.69) is 10.3 Å². The van der Waals surface area contributed by atoms with E-state index >= 15 is 0 Å². The lowest BCUT2D eigenvalue weighted by atomic mass is 10.1. The van der Waals surface area contributed by atoms with Gasteiger partial charge in [0.25, 0.3) is 5.19 Å². The van der Waals surface area contributed by atoms with Gasteiger partial charge in [0.1, 0.15) is 0 Å². The highest BCUT2D eigenvalue weighted by Crippen LogP contribution is 2.21. The minimum atomic E-state index is -0.502. The second-order valence-corrected chi connectivity index (χ2v) is 5.34. The number of amides is 1. The summed E-state index contributed by atoms with van der Waals surface area (Å²) >= 11 is 6.86. The SMILES string of the molecule is CC(C)(C)NC(=O)Oc1ncc(CCl)s1. The highest BCUT2D eigenvalue weighted by atomic mass is 35.5. The van der Waals surface area contributed by atoms with E-state index in [1.54, 1.807) is 6.20 Å². The molecule has 0 aliphatic heterocycles. The van der Waals surface area contributed by atoms with Gasteiger partial charge < -0.3 is 10.1 Å². The molecule has 0 aliphatic carbocycles. The van der Waals surface area contributed by atoms with Crippen molar-refractivity contribution in [1.82, 2.24) is 10.3 Å². The fraction of sp³-hybridized carbons (Fsp3) is 0.556. The van der Waals surface area contributed by atoms with Gasteiger partial charge in [0, 0.05) is 16.6 Å². The minimum absolute atomic E-state index is 0.312. The quantitative estimate of drug-likeness (QED) is 0.819. The molecule has 0 spiro atoms. The van der Waals surface area contributed by atoms with Crippen molar-refractivity contribution in [2.45, 2.75) is 32.2 Å². The Hall–Kier alpha value is -0.810. The predicted octanol–water partition coefficient (Wildman–Crippen LogP) is 2.77. The summed E-state index contributed by atoms with van der Waals surface area (Å²) in [6.45, 7) is 5.63. The molecule has 0 unspecified atom stereocenters. The Balaban J connectivity index is 2.51. The maximum atomic E-state index is 11.3. The van der Waals surface area contributed by atoms with Crippen LogP contribution >= 0.6 is 22.9 Å². The van der Waals surface area contributed by atoms with E-state index < -0.39 is 6.09 Å². The molecule has 1 N–H and O–H groups in total. The molecular weight excluding hydrogens is 236 g/mol. The average molecular weight is 249 g/mol. The summed E-state index contributed by atoms with van der Waals surface area (Å²) in [7, 11) is 0. The van der Waals surface area contributed by atoms with Crippen molar-refractivity contribution >= 4 is 29.0 Å². The second kappa shape index (κ2) is 4.81. The maximum Gasteiger partial charge on any atom is 0.414 e. The van der Waals surface area contributed by atoms with Crippen molar-refractivity contribution in [2.75, 3.05) is 0 Å². The van der Waals surface area contributed by atoms with Crippen LogP contribution in [0.4, 0.5) is 4.79 Å². The third-order valence-electron chi connectivity index (χ3n) is 1.32. The van der Waals surface area contributed by atoms with Crippen molar-refractivity contribution in [3.63, 3.8) is 0 Å². The molecule has 1 rings (SSSR count). The number of nitrogens with zero attached hydrogens (tertiary/aromatic N) is 1. The number of hydrogen-bond acceptors (Lipinski definition) is 4. The number of alkyl halides is 1. The van der Waals surface area contributed by atoms with Crippen LogP contribution in [0, 0.1) is 0 Å². The maximum absolute atomic E-state index is 11.3. The summed E-state index contributed by atoms with van der Waals surface area (Å²) < 4.78 is 4.97. The molecular formula is C9H13ClN2O2S. The van der Waals surface area contributed by atoms with Gasteiger partial charge in [-0.1, -0.05) is 11.3 Å². The Labute approximate surface area is 97.6 Å². The molecule has 0 saturated carbocycles. The highest BCUT2D eigenvalue weighted by molar-refractivity contribution is 7.13. The molecule has 0 bridgehead atoms. The van der Waals surface area contributed by atoms with Crippen molar-refractivity contribution in [2.24, 2.45) is 0 Å². The zero-order valence-electron chi connectivity index (χ0n) is 8.83. The number of carbonyl (C=O) groups excluding carboxylic acids is 1. The Morgan fingerprint density at radius 3 is 2.80 bits per heavy atom. The smallest absolute Gasteiger partial charge is 0.381 e. The van der Waals surface area contributed by atoms with Crippen LogP contribution in [0.2, 0.25) is 0 Å². The Bertz CT molecular complexity index is 346. The molecule has 0 atom stereocenters. The Kier molecular flexibility index (Phi) is 3.93. The van der Waals surface area contributed by atoms with Gasteiger partial charge in [-0.05, 0) is 20.8 Å². The zero-order valence-corrected chi connectivity index (χ0v) is 10.4. The number of thiazole rings is 1. The van der Waals surface area contributed by atoms with Crippen molar-refractivity contribution in [1.29, 1.82) is 0 Å². The molecule has 0 saturated heterocycles. The minimum Gasteiger partial charge on any atom is -0.381 e. The molecule has 0 fully saturated rings. The van der Waals surface area contributed by atoms with E-state index in [9.17, 15) is 4.79 Å². The second-order valence-electron chi connectivity index (χ2n) is 3.99. The van der Waals surface area contributed by atoms with Crippen LogP contribution in [-0.2, 0) is 5.88 Å². The average Bonchev–Trinajstić information content (AvgIpc) is 2.48. The standard InChI is InChI=1S/C9H13ClN2O2S/c1-9(2,3)12-7(13)14-8-11-5-6(4-10)15-8/h5H,4H2,1-3H3,(H,12,13). The van der Waals surface area contributed by atoms with Gasteiger partial charge in [0.15, 0.2) is 0 Å². The Morgan fingerprint density at radius 1 is 1.67 bits per heavy atom. The van der Waals surface area contributed by atoms with Gasteiger partial charge in [-0.2, -0.15) is 0 Å². The highest BCUT2D eigenvalue weighted by Gasteiger charge is 2.16. The lowest BCUT2D eigenvalue weighted by Crippen LogP contribution is -2.42. The molecule has 84 valence electrons. The van der Waals surface area contributed by atoms with Gasteiger partial charge >= 0.3 is 6.09 Å². The monoisotopic (exact) mass is 248 g/mol. The molecule has 1 heterocycles. The van der Waals surface area contributed by atoms with Crippen molar-refractivity contribution < 1.29 is 9.53 Å². The van der Waals surface area contributed by atoms with Gasteiger partial charge in [-0.3, -0.25) is 0 Å². The van der Waals surface area contributed by atoms with E-state index in [-0.39, 0.29) is 5.54 Å². The first-order valence-electron chi connectivity index (χ1n) is 4.41. The van der Waals surface area contributed by atoms with Crippen LogP contribution in [0.15, 0.2) is 6.20 Å². The lowest BCUT2D eigenvalue weighted by molar-refractivity contribution is 0.190. The predicted molar refractivity (Wildman–Crippen MR) is 60.6 cm³/mol. The van der Waals surface area contributed by atoms with Gasteiger partial charge in [0.2, 0.25) is 0 Å². The summed E-state index contributed by atoms with van der Waals surface area (Å²) in [5, 5.41) is 2.98. The summed E-state index contributed by atoms with van der Waals surface area (Å²) in [6.07, 6.45) is 1.09.